The van der Waals surface area contributed by atoms with Gasteiger partial charge in [0.25, 0.3) is 0 Å². The van der Waals surface area contributed by atoms with E-state index in [1.807, 2.05) is 32.0 Å². The summed E-state index contributed by atoms with van der Waals surface area (Å²) < 4.78 is 6.48. The number of carbonyl (C=O) groups is 1. The molecule has 16 heavy (non-hydrogen) atoms. The molecule has 2 nitrogen and oxygen atoms in total. The van der Waals surface area contributed by atoms with Gasteiger partial charge in [0.2, 0.25) is 0 Å². The normalized spacial score (nSPS) is 10.2. The molecule has 0 heterocycles. The predicted molar refractivity (Wildman–Crippen MR) is 69.2 cm³/mol. The Morgan fingerprint density at radius 2 is 2.06 bits per heavy atom. The van der Waals surface area contributed by atoms with Crippen LogP contribution >= 0.6 is 15.9 Å². The monoisotopic (exact) mass is 284 g/mol. The third-order valence-corrected chi connectivity index (χ3v) is 2.67. The second kappa shape index (κ2) is 6.69. The molecule has 1 aromatic rings. The van der Waals surface area contributed by atoms with Crippen LogP contribution in [0.5, 0.6) is 5.75 Å². The van der Waals surface area contributed by atoms with E-state index in [-0.39, 0.29) is 5.78 Å². The SMILES string of the molecule is CCCOc1ccc(Br)cc1C(=O)CCC. The average molecular weight is 285 g/mol. The van der Waals surface area contributed by atoms with Crippen molar-refractivity contribution in [2.75, 3.05) is 6.61 Å². The summed E-state index contributed by atoms with van der Waals surface area (Å²) in [5.41, 5.74) is 0.685. The predicted octanol–water partition coefficient (Wildman–Crippen LogP) is 4.22. The van der Waals surface area contributed by atoms with Gasteiger partial charge >= 0.3 is 0 Å². The van der Waals surface area contributed by atoms with E-state index in [1.165, 1.54) is 0 Å². The number of hydrogen-bond donors (Lipinski definition) is 0. The Balaban J connectivity index is 2.93. The third kappa shape index (κ3) is 3.63. The van der Waals surface area contributed by atoms with Gasteiger partial charge in [-0.15, -0.1) is 0 Å². The molecule has 3 heteroatoms. The van der Waals surface area contributed by atoms with Crippen molar-refractivity contribution in [3.8, 4) is 5.75 Å². The van der Waals surface area contributed by atoms with Gasteiger partial charge in [-0.3, -0.25) is 4.79 Å². The number of ether oxygens (including phenoxy) is 1. The molecule has 0 radical (unpaired) electrons. The largest absolute Gasteiger partial charge is 0.493 e. The van der Waals surface area contributed by atoms with Crippen molar-refractivity contribution in [1.82, 2.24) is 0 Å². The molecule has 0 aliphatic heterocycles. The van der Waals surface area contributed by atoms with Gasteiger partial charge in [0.15, 0.2) is 5.78 Å². The lowest BCUT2D eigenvalue weighted by molar-refractivity contribution is 0.0977. The topological polar surface area (TPSA) is 26.3 Å². The van der Waals surface area contributed by atoms with E-state index in [1.54, 1.807) is 0 Å². The molecule has 0 atom stereocenters. The Hall–Kier alpha value is -0.830. The van der Waals surface area contributed by atoms with Crippen LogP contribution in [0.3, 0.4) is 0 Å². The molecule has 0 N–H and O–H groups in total. The zero-order valence-electron chi connectivity index (χ0n) is 9.75. The molecule has 0 saturated heterocycles. The summed E-state index contributed by atoms with van der Waals surface area (Å²) in [6.07, 6.45) is 2.37. The van der Waals surface area contributed by atoms with Crippen LogP contribution in [0.25, 0.3) is 0 Å². The molecular formula is C13H17BrO2. The smallest absolute Gasteiger partial charge is 0.166 e. The Labute approximate surface area is 105 Å². The van der Waals surface area contributed by atoms with Crippen LogP contribution in [-0.2, 0) is 0 Å². The standard InChI is InChI=1S/C13H17BrO2/c1-3-5-12(15)11-9-10(14)6-7-13(11)16-8-4-2/h6-7,9H,3-5,8H2,1-2H3. The highest BCUT2D eigenvalue weighted by Crippen LogP contribution is 2.25. The third-order valence-electron chi connectivity index (χ3n) is 2.18. The molecule has 1 aromatic carbocycles. The van der Waals surface area contributed by atoms with E-state index in [9.17, 15) is 4.79 Å². The molecule has 0 aliphatic carbocycles. The number of ketones is 1. The summed E-state index contributed by atoms with van der Waals surface area (Å²) in [6, 6.07) is 5.58. The zero-order valence-corrected chi connectivity index (χ0v) is 11.3. The molecule has 0 amide bonds. The summed E-state index contributed by atoms with van der Waals surface area (Å²) in [7, 11) is 0. The van der Waals surface area contributed by atoms with Crippen LogP contribution in [0, 0.1) is 0 Å². The highest BCUT2D eigenvalue weighted by Gasteiger charge is 2.12. The van der Waals surface area contributed by atoms with Crippen molar-refractivity contribution >= 4 is 21.7 Å². The summed E-state index contributed by atoms with van der Waals surface area (Å²) in [5.74, 6) is 0.846. The van der Waals surface area contributed by atoms with Crippen LogP contribution in [0.2, 0.25) is 0 Å². The van der Waals surface area contributed by atoms with Crippen LogP contribution in [0.4, 0.5) is 0 Å². The Morgan fingerprint density at radius 3 is 2.69 bits per heavy atom. The fourth-order valence-electron chi connectivity index (χ4n) is 1.42. The molecule has 0 fully saturated rings. The summed E-state index contributed by atoms with van der Waals surface area (Å²) in [4.78, 5) is 11.9. The number of Topliss-reactive ketones (excluding diaryl/α,β-unsaturated/α-hetero) is 1. The van der Waals surface area contributed by atoms with Crippen molar-refractivity contribution in [3.05, 3.63) is 28.2 Å². The van der Waals surface area contributed by atoms with Crippen LogP contribution in [-0.4, -0.2) is 12.4 Å². The summed E-state index contributed by atoms with van der Waals surface area (Å²) >= 11 is 3.38. The van der Waals surface area contributed by atoms with Gasteiger partial charge in [0.05, 0.1) is 12.2 Å². The van der Waals surface area contributed by atoms with Gasteiger partial charge in [-0.1, -0.05) is 29.8 Å². The molecule has 88 valence electrons. The average Bonchev–Trinajstić information content (AvgIpc) is 2.27. The van der Waals surface area contributed by atoms with E-state index in [0.717, 1.165) is 17.3 Å². The van der Waals surface area contributed by atoms with Crippen molar-refractivity contribution in [2.45, 2.75) is 33.1 Å². The lowest BCUT2D eigenvalue weighted by atomic mass is 10.1. The summed E-state index contributed by atoms with van der Waals surface area (Å²) in [5, 5.41) is 0. The lowest BCUT2D eigenvalue weighted by Gasteiger charge is -2.10. The first-order valence-electron chi connectivity index (χ1n) is 5.64. The minimum absolute atomic E-state index is 0.148. The first-order valence-corrected chi connectivity index (χ1v) is 6.43. The Kier molecular flexibility index (Phi) is 5.53. The molecule has 0 unspecified atom stereocenters. The highest BCUT2D eigenvalue weighted by atomic mass is 79.9. The highest BCUT2D eigenvalue weighted by molar-refractivity contribution is 9.10. The first kappa shape index (κ1) is 13.2. The number of benzene rings is 1. The van der Waals surface area contributed by atoms with Gasteiger partial charge in [0.1, 0.15) is 5.75 Å². The molecule has 0 saturated carbocycles. The minimum atomic E-state index is 0.148. The molecule has 0 aromatic heterocycles. The van der Waals surface area contributed by atoms with E-state index in [4.69, 9.17) is 4.74 Å². The maximum absolute atomic E-state index is 11.9. The zero-order chi connectivity index (χ0) is 12.0. The summed E-state index contributed by atoms with van der Waals surface area (Å²) in [6.45, 7) is 4.70. The van der Waals surface area contributed by atoms with Crippen LogP contribution in [0.1, 0.15) is 43.5 Å². The van der Waals surface area contributed by atoms with Gasteiger partial charge in [-0.05, 0) is 31.0 Å². The van der Waals surface area contributed by atoms with Crippen molar-refractivity contribution in [3.63, 3.8) is 0 Å². The maximum atomic E-state index is 11.9. The first-order chi connectivity index (χ1) is 7.69. The number of carbonyl (C=O) groups excluding carboxylic acids is 1. The molecule has 0 spiro atoms. The van der Waals surface area contributed by atoms with Gasteiger partial charge < -0.3 is 4.74 Å². The van der Waals surface area contributed by atoms with Crippen molar-refractivity contribution < 1.29 is 9.53 Å². The fraction of sp³-hybridized carbons (Fsp3) is 0.462. The fourth-order valence-corrected chi connectivity index (χ4v) is 1.78. The van der Waals surface area contributed by atoms with Crippen LogP contribution < -0.4 is 4.74 Å². The van der Waals surface area contributed by atoms with E-state index in [0.29, 0.717) is 24.3 Å². The quantitative estimate of drug-likeness (QED) is 0.731. The van der Waals surface area contributed by atoms with Crippen LogP contribution in [0.15, 0.2) is 22.7 Å². The maximum Gasteiger partial charge on any atom is 0.166 e. The van der Waals surface area contributed by atoms with E-state index >= 15 is 0 Å². The van der Waals surface area contributed by atoms with E-state index in [2.05, 4.69) is 15.9 Å². The Bertz CT molecular complexity index is 361. The minimum Gasteiger partial charge on any atom is -0.493 e. The van der Waals surface area contributed by atoms with E-state index < -0.39 is 0 Å². The molecule has 1 rings (SSSR count). The number of hydrogen-bond acceptors (Lipinski definition) is 2. The molecule has 0 bridgehead atoms. The Morgan fingerprint density at radius 1 is 1.31 bits per heavy atom. The van der Waals surface area contributed by atoms with Gasteiger partial charge in [-0.25, -0.2) is 0 Å². The number of halogens is 1. The second-order valence-corrected chi connectivity index (χ2v) is 4.58. The molecular weight excluding hydrogens is 268 g/mol. The molecule has 0 aliphatic rings. The van der Waals surface area contributed by atoms with Crippen molar-refractivity contribution in [2.24, 2.45) is 0 Å². The van der Waals surface area contributed by atoms with Gasteiger partial charge in [0, 0.05) is 10.9 Å². The van der Waals surface area contributed by atoms with Gasteiger partial charge in [-0.2, -0.15) is 0 Å². The van der Waals surface area contributed by atoms with Crippen molar-refractivity contribution in [1.29, 1.82) is 0 Å². The number of rotatable bonds is 6. The lowest BCUT2D eigenvalue weighted by Crippen LogP contribution is -2.04. The second-order valence-electron chi connectivity index (χ2n) is 3.66.